The molecule has 0 saturated carbocycles. The summed E-state index contributed by atoms with van der Waals surface area (Å²) in [5, 5.41) is 0. The first-order valence-electron chi connectivity index (χ1n) is 6.05. The number of nitrogens with zero attached hydrogens (tertiary/aromatic N) is 3. The molecule has 3 nitrogen and oxygen atoms in total. The molecule has 0 aliphatic heterocycles. The van der Waals surface area contributed by atoms with Crippen LogP contribution in [0.1, 0.15) is 12.7 Å². The van der Waals surface area contributed by atoms with Crippen molar-refractivity contribution >= 4 is 38.6 Å². The number of aromatic nitrogens is 2. The Balaban J connectivity index is 2.34. The quantitative estimate of drug-likeness (QED) is 0.783. The van der Waals surface area contributed by atoms with Gasteiger partial charge in [0.1, 0.15) is 5.82 Å². The summed E-state index contributed by atoms with van der Waals surface area (Å²) >= 11 is 9.45. The van der Waals surface area contributed by atoms with E-state index in [1.807, 2.05) is 12.1 Å². The third-order valence-electron chi connectivity index (χ3n) is 3.15. The number of rotatable bonds is 5. The molecule has 0 aliphatic carbocycles. The molecule has 0 spiro atoms. The minimum absolute atomic E-state index is 0.447. The van der Waals surface area contributed by atoms with E-state index in [1.54, 1.807) is 0 Å². The monoisotopic (exact) mass is 329 g/mol. The van der Waals surface area contributed by atoms with Crippen LogP contribution >= 0.6 is 27.5 Å². The van der Waals surface area contributed by atoms with E-state index in [0.29, 0.717) is 5.88 Å². The lowest BCUT2D eigenvalue weighted by molar-refractivity contribution is 0.335. The lowest BCUT2D eigenvalue weighted by Gasteiger charge is -2.15. The molecule has 2 aromatic rings. The van der Waals surface area contributed by atoms with Crippen LogP contribution in [0.4, 0.5) is 0 Å². The van der Waals surface area contributed by atoms with E-state index in [-0.39, 0.29) is 0 Å². The molecule has 1 aromatic carbocycles. The lowest BCUT2D eigenvalue weighted by atomic mass is 10.3. The van der Waals surface area contributed by atoms with Crippen molar-refractivity contribution in [1.29, 1.82) is 0 Å². The first-order chi connectivity index (χ1) is 8.65. The van der Waals surface area contributed by atoms with Gasteiger partial charge in [0.15, 0.2) is 0 Å². The Morgan fingerprint density at radius 1 is 1.44 bits per heavy atom. The van der Waals surface area contributed by atoms with Gasteiger partial charge in [-0.15, -0.1) is 11.6 Å². The first-order valence-corrected chi connectivity index (χ1v) is 7.37. The highest BCUT2D eigenvalue weighted by Crippen LogP contribution is 2.21. The molecule has 5 heteroatoms. The number of fused-ring (bicyclic) bond motifs is 1. The van der Waals surface area contributed by atoms with Gasteiger partial charge < -0.3 is 9.47 Å². The van der Waals surface area contributed by atoms with Crippen LogP contribution in [0.25, 0.3) is 11.0 Å². The second-order valence-corrected chi connectivity index (χ2v) is 5.53. The van der Waals surface area contributed by atoms with E-state index in [2.05, 4.69) is 50.4 Å². The molecule has 1 aromatic heterocycles. The molecule has 18 heavy (non-hydrogen) atoms. The third kappa shape index (κ3) is 2.87. The molecule has 2 rings (SSSR count). The molecule has 0 atom stereocenters. The second kappa shape index (κ2) is 6.04. The Bertz CT molecular complexity index is 538. The molecule has 0 bridgehead atoms. The summed E-state index contributed by atoms with van der Waals surface area (Å²) in [6.07, 6.45) is 0. The van der Waals surface area contributed by atoms with E-state index in [1.165, 1.54) is 0 Å². The number of hydrogen-bond donors (Lipinski definition) is 0. The topological polar surface area (TPSA) is 21.1 Å². The Kier molecular flexibility index (Phi) is 4.65. The van der Waals surface area contributed by atoms with Gasteiger partial charge in [-0.25, -0.2) is 4.98 Å². The van der Waals surface area contributed by atoms with Crippen molar-refractivity contribution in [3.05, 3.63) is 28.5 Å². The molecular formula is C13H17BrClN3. The maximum absolute atomic E-state index is 5.98. The van der Waals surface area contributed by atoms with Crippen LogP contribution in [0.3, 0.4) is 0 Å². The van der Waals surface area contributed by atoms with Gasteiger partial charge in [-0.3, -0.25) is 0 Å². The number of benzene rings is 1. The molecule has 0 saturated heterocycles. The minimum atomic E-state index is 0.447. The van der Waals surface area contributed by atoms with Crippen molar-refractivity contribution in [1.82, 2.24) is 14.5 Å². The van der Waals surface area contributed by atoms with Crippen LogP contribution in [0.2, 0.25) is 0 Å². The summed E-state index contributed by atoms with van der Waals surface area (Å²) < 4.78 is 3.26. The van der Waals surface area contributed by atoms with Gasteiger partial charge >= 0.3 is 0 Å². The zero-order valence-electron chi connectivity index (χ0n) is 10.7. The van der Waals surface area contributed by atoms with Crippen LogP contribution in [-0.2, 0) is 12.4 Å². The molecule has 0 radical (unpaired) electrons. The van der Waals surface area contributed by atoms with Gasteiger partial charge in [-0.1, -0.05) is 22.9 Å². The van der Waals surface area contributed by atoms with Gasteiger partial charge in [0.2, 0.25) is 0 Å². The van der Waals surface area contributed by atoms with Crippen LogP contribution in [0.15, 0.2) is 22.7 Å². The van der Waals surface area contributed by atoms with E-state index in [4.69, 9.17) is 11.6 Å². The first kappa shape index (κ1) is 13.8. The van der Waals surface area contributed by atoms with Gasteiger partial charge in [0, 0.05) is 17.6 Å². The molecule has 98 valence electrons. The van der Waals surface area contributed by atoms with Gasteiger partial charge in [0.05, 0.1) is 16.9 Å². The zero-order valence-corrected chi connectivity index (χ0v) is 13.0. The number of halogens is 2. The van der Waals surface area contributed by atoms with Crippen molar-refractivity contribution in [2.75, 3.05) is 20.1 Å². The van der Waals surface area contributed by atoms with Gasteiger partial charge in [0.25, 0.3) is 0 Å². The van der Waals surface area contributed by atoms with E-state index in [9.17, 15) is 0 Å². The Hall–Kier alpha value is -0.580. The van der Waals surface area contributed by atoms with E-state index >= 15 is 0 Å². The maximum atomic E-state index is 5.98. The lowest BCUT2D eigenvalue weighted by Crippen LogP contribution is -2.23. The summed E-state index contributed by atoms with van der Waals surface area (Å²) in [6, 6.07) is 6.17. The fourth-order valence-electron chi connectivity index (χ4n) is 1.93. The summed E-state index contributed by atoms with van der Waals surface area (Å²) in [6.45, 7) is 5.13. The minimum Gasteiger partial charge on any atom is -0.326 e. The zero-order chi connectivity index (χ0) is 13.1. The van der Waals surface area contributed by atoms with Gasteiger partial charge in [-0.05, 0) is 31.8 Å². The third-order valence-corrected chi connectivity index (χ3v) is 3.89. The molecular weight excluding hydrogens is 314 g/mol. The predicted molar refractivity (Wildman–Crippen MR) is 80.2 cm³/mol. The smallest absolute Gasteiger partial charge is 0.124 e. The Morgan fingerprint density at radius 2 is 2.22 bits per heavy atom. The van der Waals surface area contributed by atoms with Crippen LogP contribution < -0.4 is 0 Å². The van der Waals surface area contributed by atoms with Crippen molar-refractivity contribution in [2.45, 2.75) is 19.3 Å². The van der Waals surface area contributed by atoms with Crippen molar-refractivity contribution in [3.63, 3.8) is 0 Å². The average Bonchev–Trinajstić information content (AvgIpc) is 2.72. The highest BCUT2D eigenvalue weighted by Gasteiger charge is 2.10. The highest BCUT2D eigenvalue weighted by atomic mass is 79.9. The van der Waals surface area contributed by atoms with Crippen molar-refractivity contribution in [3.8, 4) is 0 Å². The van der Waals surface area contributed by atoms with Crippen LogP contribution in [0.5, 0.6) is 0 Å². The highest BCUT2D eigenvalue weighted by molar-refractivity contribution is 9.10. The molecule has 0 aliphatic rings. The van der Waals surface area contributed by atoms with E-state index < -0.39 is 0 Å². The van der Waals surface area contributed by atoms with Crippen LogP contribution in [-0.4, -0.2) is 34.6 Å². The largest absolute Gasteiger partial charge is 0.326 e. The molecule has 0 N–H and O–H groups in total. The Morgan fingerprint density at radius 3 is 2.89 bits per heavy atom. The van der Waals surface area contributed by atoms with Crippen molar-refractivity contribution < 1.29 is 0 Å². The van der Waals surface area contributed by atoms with Crippen LogP contribution in [0, 0.1) is 0 Å². The fourth-order valence-corrected chi connectivity index (χ4v) is 2.49. The molecule has 0 unspecified atom stereocenters. The second-order valence-electron chi connectivity index (χ2n) is 4.34. The van der Waals surface area contributed by atoms with Gasteiger partial charge in [-0.2, -0.15) is 0 Å². The number of imidazole rings is 1. The summed E-state index contributed by atoms with van der Waals surface area (Å²) in [5.41, 5.74) is 2.15. The number of hydrogen-bond acceptors (Lipinski definition) is 2. The molecule has 0 amide bonds. The number of alkyl halides is 1. The van der Waals surface area contributed by atoms with Crippen molar-refractivity contribution in [2.24, 2.45) is 0 Å². The normalized spacial score (nSPS) is 11.6. The predicted octanol–water partition coefficient (Wildman–Crippen LogP) is 3.49. The standard InChI is InChI=1S/C13H17BrClN3/c1-3-17(2)6-7-18-12-5-4-10(14)8-11(12)16-13(18)9-15/h4-5,8H,3,6-7,9H2,1-2H3. The summed E-state index contributed by atoms with van der Waals surface area (Å²) in [4.78, 5) is 6.86. The average molecular weight is 331 g/mol. The Labute approximate surface area is 121 Å². The maximum Gasteiger partial charge on any atom is 0.124 e. The summed E-state index contributed by atoms with van der Waals surface area (Å²) in [7, 11) is 2.12. The molecule has 1 heterocycles. The SMILES string of the molecule is CCN(C)CCn1c(CCl)nc2cc(Br)ccc21. The van der Waals surface area contributed by atoms with E-state index in [0.717, 1.165) is 41.0 Å². The fraction of sp³-hybridized carbons (Fsp3) is 0.462. The summed E-state index contributed by atoms with van der Waals surface area (Å²) in [5.74, 6) is 1.39. The number of likely N-dealkylation sites (N-methyl/N-ethyl adjacent to an activating group) is 1. The molecule has 0 fully saturated rings.